The number of hydrogen-bond donors (Lipinski definition) is 3. The number of nitrogens with zero attached hydrogens (tertiary/aromatic N) is 1. The number of carbonyl (C=O) groups is 2. The highest BCUT2D eigenvalue weighted by Gasteiger charge is 2.23. The third-order valence-corrected chi connectivity index (χ3v) is 5.78. The van der Waals surface area contributed by atoms with Crippen LogP contribution in [0.1, 0.15) is 17.3 Å². The molecular weight excluding hydrogens is 448 g/mol. The Kier molecular flexibility index (Phi) is 7.14. The van der Waals surface area contributed by atoms with E-state index in [1.807, 2.05) is 0 Å². The Morgan fingerprint density at radius 1 is 1.33 bits per heavy atom. The van der Waals surface area contributed by atoms with Crippen molar-refractivity contribution >= 4 is 57.4 Å². The molecule has 0 saturated carbocycles. The van der Waals surface area contributed by atoms with Gasteiger partial charge in [-0.15, -0.1) is 11.3 Å². The van der Waals surface area contributed by atoms with Crippen LogP contribution in [0.2, 0.25) is 5.02 Å². The quantitative estimate of drug-likeness (QED) is 0.276. The van der Waals surface area contributed by atoms with Gasteiger partial charge in [-0.3, -0.25) is 9.59 Å². The molecule has 0 fully saturated rings. The number of halogens is 1. The van der Waals surface area contributed by atoms with Gasteiger partial charge in [-0.05, 0) is 24.6 Å². The highest BCUT2D eigenvalue weighted by molar-refractivity contribution is 7.99. The average Bonchev–Trinajstić information content (AvgIpc) is 3.10. The molecule has 3 aromatic rings. The number of thiophene rings is 1. The number of rotatable bonds is 7. The molecule has 0 radical (unpaired) electrons. The Bertz CT molecular complexity index is 1130. The third kappa shape index (κ3) is 5.41. The predicted molar refractivity (Wildman–Crippen MR) is 119 cm³/mol. The number of ether oxygens (including phenoxy) is 1. The van der Waals surface area contributed by atoms with Crippen LogP contribution in [-0.4, -0.2) is 34.2 Å². The van der Waals surface area contributed by atoms with Crippen molar-refractivity contribution in [1.29, 1.82) is 0 Å². The van der Waals surface area contributed by atoms with Crippen LogP contribution in [0.3, 0.4) is 0 Å². The van der Waals surface area contributed by atoms with Gasteiger partial charge in [-0.1, -0.05) is 35.5 Å². The van der Waals surface area contributed by atoms with Crippen molar-refractivity contribution in [3.63, 3.8) is 0 Å². The first-order chi connectivity index (χ1) is 14.4. The fourth-order valence-electron chi connectivity index (χ4n) is 2.52. The summed E-state index contributed by atoms with van der Waals surface area (Å²) in [5.41, 5.74) is 6.82. The van der Waals surface area contributed by atoms with E-state index in [9.17, 15) is 14.4 Å². The predicted octanol–water partition coefficient (Wildman–Crippen LogP) is 3.64. The summed E-state index contributed by atoms with van der Waals surface area (Å²) in [6.45, 7) is 1.91. The highest BCUT2D eigenvalue weighted by Crippen LogP contribution is 2.36. The molecule has 1 amide bonds. The Balaban J connectivity index is 1.80. The maximum absolute atomic E-state index is 12.6. The largest absolute Gasteiger partial charge is 0.462 e. The number of carbonyl (C=O) groups excluding carboxylic acids is 2. The molecule has 2 aromatic heterocycles. The molecule has 3 rings (SSSR count). The average molecular weight is 465 g/mol. The van der Waals surface area contributed by atoms with E-state index in [0.29, 0.717) is 15.6 Å². The maximum atomic E-state index is 12.6. The normalized spacial score (nSPS) is 10.6. The van der Waals surface area contributed by atoms with Gasteiger partial charge < -0.3 is 20.8 Å². The van der Waals surface area contributed by atoms with Gasteiger partial charge in [0.05, 0.1) is 12.4 Å². The molecule has 0 aliphatic carbocycles. The fourth-order valence-corrected chi connectivity index (χ4v) is 4.30. The summed E-state index contributed by atoms with van der Waals surface area (Å²) in [7, 11) is 0. The number of amides is 1. The number of thioether (sulfide) groups is 1. The summed E-state index contributed by atoms with van der Waals surface area (Å²) in [5, 5.41) is 5.68. The number of anilines is 2. The second kappa shape index (κ2) is 9.79. The summed E-state index contributed by atoms with van der Waals surface area (Å²) < 4.78 is 5.17. The van der Waals surface area contributed by atoms with Gasteiger partial charge in [0, 0.05) is 22.0 Å². The zero-order valence-corrected chi connectivity index (χ0v) is 18.1. The lowest BCUT2D eigenvalue weighted by Crippen LogP contribution is -2.17. The molecule has 0 aliphatic heterocycles. The molecule has 0 unspecified atom stereocenters. The molecule has 0 spiro atoms. The van der Waals surface area contributed by atoms with Crippen LogP contribution in [0.25, 0.3) is 11.1 Å². The van der Waals surface area contributed by atoms with E-state index in [1.165, 1.54) is 11.3 Å². The van der Waals surface area contributed by atoms with E-state index in [1.54, 1.807) is 36.6 Å². The van der Waals surface area contributed by atoms with Gasteiger partial charge in [0.15, 0.2) is 5.16 Å². The van der Waals surface area contributed by atoms with Gasteiger partial charge in [-0.2, -0.15) is 0 Å². The van der Waals surface area contributed by atoms with E-state index in [4.69, 9.17) is 22.1 Å². The minimum atomic E-state index is -0.534. The first-order valence-electron chi connectivity index (χ1n) is 8.71. The Hall–Kier alpha value is -2.82. The lowest BCUT2D eigenvalue weighted by Gasteiger charge is -2.09. The van der Waals surface area contributed by atoms with Crippen molar-refractivity contribution in [1.82, 2.24) is 9.97 Å². The molecule has 0 bridgehead atoms. The number of benzene rings is 1. The molecule has 0 aliphatic rings. The minimum absolute atomic E-state index is 0.0389. The van der Waals surface area contributed by atoms with E-state index in [2.05, 4.69) is 15.3 Å². The van der Waals surface area contributed by atoms with E-state index >= 15 is 0 Å². The van der Waals surface area contributed by atoms with Crippen molar-refractivity contribution in [2.75, 3.05) is 23.4 Å². The number of H-pyrrole nitrogens is 1. The molecule has 2 heterocycles. The Morgan fingerprint density at radius 3 is 2.73 bits per heavy atom. The maximum Gasteiger partial charge on any atom is 0.341 e. The first-order valence-corrected chi connectivity index (χ1v) is 11.0. The van der Waals surface area contributed by atoms with Crippen molar-refractivity contribution in [2.45, 2.75) is 12.1 Å². The smallest absolute Gasteiger partial charge is 0.341 e. The molecule has 11 heteroatoms. The number of aromatic nitrogens is 2. The van der Waals surface area contributed by atoms with Crippen LogP contribution in [0, 0.1) is 0 Å². The minimum Gasteiger partial charge on any atom is -0.462 e. The summed E-state index contributed by atoms with van der Waals surface area (Å²) in [4.78, 5) is 42.9. The number of hydrogen-bond acceptors (Lipinski definition) is 8. The molecule has 0 atom stereocenters. The molecular formula is C19H17ClN4O4S2. The lowest BCUT2D eigenvalue weighted by molar-refractivity contribution is -0.113. The molecule has 30 heavy (non-hydrogen) atoms. The monoisotopic (exact) mass is 464 g/mol. The highest BCUT2D eigenvalue weighted by atomic mass is 35.5. The topological polar surface area (TPSA) is 127 Å². The second-order valence-corrected chi connectivity index (χ2v) is 8.17. The van der Waals surface area contributed by atoms with Crippen LogP contribution in [0.5, 0.6) is 0 Å². The van der Waals surface area contributed by atoms with E-state index in [-0.39, 0.29) is 34.8 Å². The van der Waals surface area contributed by atoms with Crippen molar-refractivity contribution in [3.05, 3.63) is 56.7 Å². The number of nitrogens with one attached hydrogen (secondary N) is 2. The van der Waals surface area contributed by atoms with E-state index in [0.717, 1.165) is 23.4 Å². The Labute approximate surface area is 184 Å². The first kappa shape index (κ1) is 21.9. The fraction of sp³-hybridized carbons (Fsp3) is 0.158. The summed E-state index contributed by atoms with van der Waals surface area (Å²) in [6, 6.07) is 8.17. The molecule has 1 aromatic carbocycles. The Morgan fingerprint density at radius 2 is 2.07 bits per heavy atom. The van der Waals surface area contributed by atoms with Crippen LogP contribution in [0.15, 0.2) is 45.7 Å². The molecule has 8 nitrogen and oxygen atoms in total. The zero-order chi connectivity index (χ0) is 21.7. The summed E-state index contributed by atoms with van der Waals surface area (Å²) in [5.74, 6) is -0.881. The SMILES string of the molecule is CCOC(=O)c1c(-c2ccc(Cl)cc2)csc1NC(=O)CSc1nc(N)cc(=O)[nH]1. The molecule has 156 valence electrons. The third-order valence-electron chi connectivity index (χ3n) is 3.76. The van der Waals surface area contributed by atoms with Gasteiger partial charge in [0.25, 0.3) is 5.56 Å². The van der Waals surface area contributed by atoms with Crippen molar-refractivity contribution in [3.8, 4) is 11.1 Å². The summed E-state index contributed by atoms with van der Waals surface area (Å²) >= 11 is 8.18. The standard InChI is InChI=1S/C19H17ClN4O4S2/c1-2-28-18(27)16-12(10-3-5-11(20)6-4-10)8-29-17(16)23-15(26)9-30-19-22-13(21)7-14(25)24-19/h3-8H,2,9H2,1H3,(H,23,26)(H3,21,22,24,25). The number of nitrogen functional groups attached to an aromatic ring is 1. The van der Waals surface area contributed by atoms with Crippen molar-refractivity contribution < 1.29 is 14.3 Å². The van der Waals surface area contributed by atoms with Gasteiger partial charge in [-0.25, -0.2) is 9.78 Å². The van der Waals surface area contributed by atoms with Gasteiger partial charge >= 0.3 is 5.97 Å². The van der Waals surface area contributed by atoms with Crippen LogP contribution < -0.4 is 16.6 Å². The molecule has 4 N–H and O–H groups in total. The van der Waals surface area contributed by atoms with Crippen LogP contribution in [0.4, 0.5) is 10.8 Å². The lowest BCUT2D eigenvalue weighted by atomic mass is 10.0. The second-order valence-electron chi connectivity index (χ2n) is 5.89. The number of esters is 1. The van der Waals surface area contributed by atoms with Gasteiger partial charge in [0.2, 0.25) is 5.91 Å². The molecule has 0 saturated heterocycles. The summed E-state index contributed by atoms with van der Waals surface area (Å²) in [6.07, 6.45) is 0. The van der Waals surface area contributed by atoms with Crippen LogP contribution in [-0.2, 0) is 9.53 Å². The van der Waals surface area contributed by atoms with Crippen LogP contribution >= 0.6 is 34.7 Å². The zero-order valence-electron chi connectivity index (χ0n) is 15.7. The number of nitrogens with two attached hydrogens (primary N) is 1. The van der Waals surface area contributed by atoms with Crippen molar-refractivity contribution in [2.24, 2.45) is 0 Å². The van der Waals surface area contributed by atoms with E-state index < -0.39 is 11.5 Å². The number of aromatic amines is 1. The van der Waals surface area contributed by atoms with Gasteiger partial charge in [0.1, 0.15) is 16.4 Å².